The molecule has 0 aliphatic carbocycles. The molecule has 0 saturated carbocycles. The van der Waals surface area contributed by atoms with Crippen molar-refractivity contribution in [3.05, 3.63) is 59.9 Å². The number of carbonyl (C=O) groups is 1. The molecule has 1 aromatic heterocycles. The van der Waals surface area contributed by atoms with Crippen molar-refractivity contribution in [3.63, 3.8) is 0 Å². The van der Waals surface area contributed by atoms with Gasteiger partial charge in [0, 0.05) is 37.5 Å². The standard InChI is InChI=1S/C28H37N3O3/c32-27-25-9-1-2-10-26(25)34-22-28(11-3-4-18-33-21-24-8-6-15-31(24)27)12-16-30(17-13-28)20-23-7-5-14-29-19-23/h1-2,5,7,9-10,14,19,24H,3-4,6,8,11-13,15-18,20-22H2/t24-/m0/s1. The van der Waals surface area contributed by atoms with Crippen molar-refractivity contribution in [2.45, 2.75) is 57.5 Å². The Labute approximate surface area is 203 Å². The Kier molecular flexibility index (Phi) is 7.45. The molecule has 2 aromatic rings. The van der Waals surface area contributed by atoms with Crippen molar-refractivity contribution in [2.75, 3.05) is 39.5 Å². The van der Waals surface area contributed by atoms with Gasteiger partial charge in [0.05, 0.1) is 24.8 Å². The Morgan fingerprint density at radius 3 is 2.74 bits per heavy atom. The molecule has 2 saturated heterocycles. The number of rotatable bonds is 2. The van der Waals surface area contributed by atoms with Crippen LogP contribution in [0.15, 0.2) is 48.8 Å². The highest BCUT2D eigenvalue weighted by atomic mass is 16.5. The molecule has 6 nitrogen and oxygen atoms in total. The molecule has 5 rings (SSSR count). The lowest BCUT2D eigenvalue weighted by Gasteiger charge is -2.42. The van der Waals surface area contributed by atoms with Crippen LogP contribution in [-0.2, 0) is 11.3 Å². The molecule has 1 spiro atoms. The first-order chi connectivity index (χ1) is 16.7. The van der Waals surface area contributed by atoms with Crippen LogP contribution in [0.25, 0.3) is 0 Å². The molecule has 6 heteroatoms. The summed E-state index contributed by atoms with van der Waals surface area (Å²) in [5.74, 6) is 0.812. The van der Waals surface area contributed by atoms with Crippen LogP contribution < -0.4 is 4.74 Å². The molecule has 0 bridgehead atoms. The zero-order valence-corrected chi connectivity index (χ0v) is 20.2. The first-order valence-electron chi connectivity index (χ1n) is 12.9. The fourth-order valence-electron chi connectivity index (χ4n) is 5.76. The van der Waals surface area contributed by atoms with Gasteiger partial charge >= 0.3 is 0 Å². The fourth-order valence-corrected chi connectivity index (χ4v) is 5.76. The van der Waals surface area contributed by atoms with E-state index in [0.29, 0.717) is 18.8 Å². The summed E-state index contributed by atoms with van der Waals surface area (Å²) in [5, 5.41) is 0. The Morgan fingerprint density at radius 1 is 1.00 bits per heavy atom. The summed E-state index contributed by atoms with van der Waals surface area (Å²) in [6, 6.07) is 12.1. The van der Waals surface area contributed by atoms with Crippen molar-refractivity contribution in [2.24, 2.45) is 5.41 Å². The molecule has 3 aliphatic rings. The minimum Gasteiger partial charge on any atom is -0.492 e. The highest BCUT2D eigenvalue weighted by Crippen LogP contribution is 2.38. The van der Waals surface area contributed by atoms with Gasteiger partial charge in [0.15, 0.2) is 0 Å². The smallest absolute Gasteiger partial charge is 0.257 e. The fraction of sp³-hybridized carbons (Fsp3) is 0.571. The topological polar surface area (TPSA) is 54.9 Å². The highest BCUT2D eigenvalue weighted by molar-refractivity contribution is 5.97. The van der Waals surface area contributed by atoms with Gasteiger partial charge in [-0.25, -0.2) is 0 Å². The van der Waals surface area contributed by atoms with Crippen LogP contribution >= 0.6 is 0 Å². The van der Waals surface area contributed by atoms with Gasteiger partial charge < -0.3 is 14.4 Å². The van der Waals surface area contributed by atoms with E-state index < -0.39 is 0 Å². The van der Waals surface area contributed by atoms with Crippen molar-refractivity contribution in [1.29, 1.82) is 0 Å². The van der Waals surface area contributed by atoms with Crippen LogP contribution in [-0.4, -0.2) is 66.2 Å². The molecule has 1 amide bonds. The number of para-hydroxylation sites is 1. The van der Waals surface area contributed by atoms with Gasteiger partial charge in [-0.3, -0.25) is 14.7 Å². The lowest BCUT2D eigenvalue weighted by Crippen LogP contribution is -2.43. The van der Waals surface area contributed by atoms with Crippen LogP contribution in [0.2, 0.25) is 0 Å². The van der Waals surface area contributed by atoms with E-state index in [4.69, 9.17) is 9.47 Å². The number of ether oxygens (including phenoxy) is 2. The maximum atomic E-state index is 13.5. The number of piperidine rings is 1. The minimum absolute atomic E-state index is 0.0825. The Morgan fingerprint density at radius 2 is 1.88 bits per heavy atom. The number of carbonyl (C=O) groups excluding carboxylic acids is 1. The molecule has 2 fully saturated rings. The van der Waals surface area contributed by atoms with E-state index in [-0.39, 0.29) is 17.4 Å². The molecule has 4 heterocycles. The zero-order valence-electron chi connectivity index (χ0n) is 20.2. The van der Waals surface area contributed by atoms with Gasteiger partial charge in [0.1, 0.15) is 5.75 Å². The van der Waals surface area contributed by atoms with E-state index in [0.717, 1.165) is 83.5 Å². The van der Waals surface area contributed by atoms with Gasteiger partial charge in [-0.05, 0) is 75.4 Å². The molecule has 3 aliphatic heterocycles. The molecule has 34 heavy (non-hydrogen) atoms. The number of aromatic nitrogens is 1. The second kappa shape index (κ2) is 10.9. The molecule has 1 atom stereocenters. The van der Waals surface area contributed by atoms with Gasteiger partial charge in [0.2, 0.25) is 0 Å². The van der Waals surface area contributed by atoms with Gasteiger partial charge in [0.25, 0.3) is 5.91 Å². The molecule has 182 valence electrons. The SMILES string of the molecule is O=C1c2ccccc2OCC2(CCCCOC[C@@H]3CCCN13)CCN(Cc1cccnc1)CC2. The predicted octanol–water partition coefficient (Wildman–Crippen LogP) is 4.55. The van der Waals surface area contributed by atoms with Crippen LogP contribution in [0.4, 0.5) is 0 Å². The number of amides is 1. The third-order valence-electron chi connectivity index (χ3n) is 7.89. The van der Waals surface area contributed by atoms with Crippen LogP contribution in [0.3, 0.4) is 0 Å². The average Bonchev–Trinajstić information content (AvgIpc) is 3.35. The number of benzene rings is 1. The molecule has 0 N–H and O–H groups in total. The van der Waals surface area contributed by atoms with Gasteiger partial charge in [-0.15, -0.1) is 0 Å². The van der Waals surface area contributed by atoms with Crippen LogP contribution in [0, 0.1) is 5.41 Å². The van der Waals surface area contributed by atoms with Gasteiger partial charge in [-0.2, -0.15) is 0 Å². The Balaban J connectivity index is 1.30. The van der Waals surface area contributed by atoms with Crippen molar-refractivity contribution in [3.8, 4) is 5.75 Å². The molecule has 0 radical (unpaired) electrons. The van der Waals surface area contributed by atoms with E-state index in [2.05, 4.69) is 16.0 Å². The Hall–Kier alpha value is -2.44. The van der Waals surface area contributed by atoms with E-state index >= 15 is 0 Å². The van der Waals surface area contributed by atoms with Crippen molar-refractivity contribution in [1.82, 2.24) is 14.8 Å². The molecular weight excluding hydrogens is 426 g/mol. The summed E-state index contributed by atoms with van der Waals surface area (Å²) >= 11 is 0. The number of likely N-dealkylation sites (tertiary alicyclic amines) is 1. The third-order valence-corrected chi connectivity index (χ3v) is 7.89. The normalized spacial score (nSPS) is 24.2. The predicted molar refractivity (Wildman–Crippen MR) is 132 cm³/mol. The molecule has 1 aromatic carbocycles. The largest absolute Gasteiger partial charge is 0.492 e. The first-order valence-corrected chi connectivity index (χ1v) is 12.9. The monoisotopic (exact) mass is 463 g/mol. The quantitative estimate of drug-likeness (QED) is 0.654. The molecule has 0 unspecified atom stereocenters. The summed E-state index contributed by atoms with van der Waals surface area (Å²) < 4.78 is 12.5. The van der Waals surface area contributed by atoms with E-state index in [9.17, 15) is 4.79 Å². The van der Waals surface area contributed by atoms with Crippen LogP contribution in [0.5, 0.6) is 5.75 Å². The number of pyridine rings is 1. The lowest BCUT2D eigenvalue weighted by atomic mass is 9.75. The number of hydrogen-bond donors (Lipinski definition) is 0. The summed E-state index contributed by atoms with van der Waals surface area (Å²) in [5.41, 5.74) is 2.10. The highest BCUT2D eigenvalue weighted by Gasteiger charge is 2.36. The second-order valence-corrected chi connectivity index (χ2v) is 10.2. The summed E-state index contributed by atoms with van der Waals surface area (Å²) in [6.07, 6.45) is 11.4. The zero-order chi connectivity index (χ0) is 23.2. The molecular formula is C28H37N3O3. The third kappa shape index (κ3) is 5.44. The van der Waals surface area contributed by atoms with Crippen molar-refractivity contribution >= 4 is 5.91 Å². The summed E-state index contributed by atoms with van der Waals surface area (Å²) in [7, 11) is 0. The number of nitrogens with zero attached hydrogens (tertiary/aromatic N) is 3. The second-order valence-electron chi connectivity index (χ2n) is 10.2. The first kappa shape index (κ1) is 23.3. The lowest BCUT2D eigenvalue weighted by molar-refractivity contribution is 0.0323. The summed E-state index contributed by atoms with van der Waals surface area (Å²) in [4.78, 5) is 22.2. The van der Waals surface area contributed by atoms with Crippen LogP contribution in [0.1, 0.15) is 60.9 Å². The summed E-state index contributed by atoms with van der Waals surface area (Å²) in [6.45, 7) is 5.96. The van der Waals surface area contributed by atoms with Crippen molar-refractivity contribution < 1.29 is 14.3 Å². The van der Waals surface area contributed by atoms with E-state index in [1.165, 1.54) is 5.56 Å². The minimum atomic E-state index is 0.0825. The van der Waals surface area contributed by atoms with E-state index in [1.54, 1.807) is 0 Å². The maximum Gasteiger partial charge on any atom is 0.257 e. The Bertz CT molecular complexity index is 943. The number of fused-ring (bicyclic) bond motifs is 2. The maximum absolute atomic E-state index is 13.5. The van der Waals surface area contributed by atoms with E-state index in [1.807, 2.05) is 47.6 Å². The average molecular weight is 464 g/mol. The number of hydrogen-bond acceptors (Lipinski definition) is 5. The van der Waals surface area contributed by atoms with Gasteiger partial charge in [-0.1, -0.05) is 24.6 Å².